The van der Waals surface area contributed by atoms with Gasteiger partial charge in [-0.2, -0.15) is 4.68 Å². The van der Waals surface area contributed by atoms with Crippen LogP contribution < -0.4 is 15.6 Å². The normalized spacial score (nSPS) is 11.6. The molecule has 1 aromatic heterocycles. The van der Waals surface area contributed by atoms with E-state index in [0.29, 0.717) is 22.0 Å². The van der Waals surface area contributed by atoms with E-state index < -0.39 is 12.0 Å². The van der Waals surface area contributed by atoms with Crippen molar-refractivity contribution in [3.05, 3.63) is 81.1 Å². The van der Waals surface area contributed by atoms with Crippen molar-refractivity contribution in [2.45, 2.75) is 26.9 Å². The topological polar surface area (TPSA) is 90.3 Å². The summed E-state index contributed by atoms with van der Waals surface area (Å²) in [6.45, 7) is 4.88. The first kappa shape index (κ1) is 21.3. The Morgan fingerprint density at radius 2 is 1.80 bits per heavy atom. The molecule has 0 bridgehead atoms. The lowest BCUT2D eigenvalue weighted by molar-refractivity contribution is -0.122. The Bertz CT molecular complexity index is 1160. The van der Waals surface area contributed by atoms with E-state index in [-0.39, 0.29) is 17.2 Å². The summed E-state index contributed by atoms with van der Waals surface area (Å²) in [5.41, 5.74) is 2.08. The lowest BCUT2D eigenvalue weighted by Gasteiger charge is -2.15. The van der Waals surface area contributed by atoms with Gasteiger partial charge in [-0.1, -0.05) is 17.7 Å². The summed E-state index contributed by atoms with van der Waals surface area (Å²) in [6, 6.07) is 14.4. The molecule has 0 aliphatic heterocycles. The molecular weight excluding hydrogens is 406 g/mol. The average molecular weight is 426 g/mol. The number of aromatic nitrogens is 2. The van der Waals surface area contributed by atoms with Crippen molar-refractivity contribution in [2.75, 3.05) is 5.32 Å². The van der Waals surface area contributed by atoms with Crippen LogP contribution in [0.25, 0.3) is 5.69 Å². The fraction of sp³-hybridized carbons (Fsp3) is 0.182. The van der Waals surface area contributed by atoms with Crippen molar-refractivity contribution in [3.63, 3.8) is 0 Å². The fourth-order valence-corrected chi connectivity index (χ4v) is 2.87. The number of Topliss-reactive ketones (excluding diaryl/α,β-unsaturated/α-hetero) is 1. The third-order valence-electron chi connectivity index (χ3n) is 4.40. The van der Waals surface area contributed by atoms with E-state index in [0.717, 1.165) is 5.56 Å². The molecule has 3 rings (SSSR count). The van der Waals surface area contributed by atoms with Crippen molar-refractivity contribution in [1.82, 2.24) is 9.78 Å². The van der Waals surface area contributed by atoms with Gasteiger partial charge in [-0.25, -0.2) is 0 Å². The van der Waals surface area contributed by atoms with E-state index in [4.69, 9.17) is 16.3 Å². The van der Waals surface area contributed by atoms with Gasteiger partial charge in [0.05, 0.1) is 5.69 Å². The van der Waals surface area contributed by atoms with Crippen LogP contribution in [0.5, 0.6) is 5.88 Å². The maximum absolute atomic E-state index is 12.4. The Balaban J connectivity index is 1.75. The van der Waals surface area contributed by atoms with Gasteiger partial charge in [-0.05, 0) is 62.7 Å². The average Bonchev–Trinajstić information content (AvgIpc) is 2.71. The number of halogens is 1. The van der Waals surface area contributed by atoms with Crippen LogP contribution in [0.15, 0.2) is 59.4 Å². The van der Waals surface area contributed by atoms with E-state index >= 15 is 0 Å². The highest BCUT2D eigenvalue weighted by molar-refractivity contribution is 6.30. The minimum absolute atomic E-state index is 0.0549. The van der Waals surface area contributed by atoms with Gasteiger partial charge in [0.25, 0.3) is 11.5 Å². The minimum atomic E-state index is -0.878. The van der Waals surface area contributed by atoms with Crippen LogP contribution in [-0.4, -0.2) is 27.6 Å². The number of aryl methyl sites for hydroxylation is 1. The van der Waals surface area contributed by atoms with Crippen molar-refractivity contribution < 1.29 is 14.3 Å². The summed E-state index contributed by atoms with van der Waals surface area (Å²) >= 11 is 6.04. The second-order valence-corrected chi connectivity index (χ2v) is 7.17. The van der Waals surface area contributed by atoms with E-state index in [1.54, 1.807) is 49.4 Å². The molecule has 0 radical (unpaired) electrons. The number of amides is 1. The molecule has 154 valence electrons. The third kappa shape index (κ3) is 4.93. The summed E-state index contributed by atoms with van der Waals surface area (Å²) in [6.07, 6.45) is -0.878. The standard InChI is InChI=1S/C22H20ClN3O4/c1-13-4-7-17(23)12-19(13)26-21(28)11-10-20(25-26)30-15(3)22(29)24-18-8-5-16(6-9-18)14(2)27/h4-12,15H,1-3H3,(H,24,29)/t15-/m1/s1. The Morgan fingerprint density at radius 3 is 2.47 bits per heavy atom. The first-order chi connectivity index (χ1) is 14.2. The molecule has 8 heteroatoms. The highest BCUT2D eigenvalue weighted by atomic mass is 35.5. The molecule has 1 atom stereocenters. The lowest BCUT2D eigenvalue weighted by Crippen LogP contribution is -2.31. The molecule has 0 unspecified atom stereocenters. The summed E-state index contributed by atoms with van der Waals surface area (Å²) in [5, 5.41) is 7.40. The number of hydrogen-bond acceptors (Lipinski definition) is 5. The molecule has 0 aliphatic rings. The molecule has 3 aromatic rings. The van der Waals surface area contributed by atoms with Crippen LogP contribution >= 0.6 is 11.6 Å². The largest absolute Gasteiger partial charge is 0.463 e. The molecular formula is C22H20ClN3O4. The van der Waals surface area contributed by atoms with Crippen molar-refractivity contribution >= 4 is 29.0 Å². The molecule has 0 spiro atoms. The van der Waals surface area contributed by atoms with Crippen LogP contribution in [0.2, 0.25) is 5.02 Å². The van der Waals surface area contributed by atoms with Crippen molar-refractivity contribution in [1.29, 1.82) is 0 Å². The third-order valence-corrected chi connectivity index (χ3v) is 4.64. The smallest absolute Gasteiger partial charge is 0.271 e. The number of carbonyl (C=O) groups excluding carboxylic acids is 2. The van der Waals surface area contributed by atoms with Gasteiger partial charge >= 0.3 is 0 Å². The highest BCUT2D eigenvalue weighted by Crippen LogP contribution is 2.19. The van der Waals surface area contributed by atoms with Crippen LogP contribution in [-0.2, 0) is 4.79 Å². The van der Waals surface area contributed by atoms with E-state index in [1.807, 2.05) is 6.92 Å². The number of benzene rings is 2. The number of nitrogens with zero attached hydrogens (tertiary/aromatic N) is 2. The molecule has 30 heavy (non-hydrogen) atoms. The van der Waals surface area contributed by atoms with Gasteiger partial charge in [0.1, 0.15) is 0 Å². The monoisotopic (exact) mass is 425 g/mol. The number of rotatable bonds is 6. The molecule has 0 aliphatic carbocycles. The SMILES string of the molecule is CC(=O)c1ccc(NC(=O)[C@@H](C)Oc2ccc(=O)n(-c3cc(Cl)ccc3C)n2)cc1. The second kappa shape index (κ2) is 8.92. The Kier molecular flexibility index (Phi) is 6.32. The van der Waals surface area contributed by atoms with Crippen molar-refractivity contribution in [2.24, 2.45) is 0 Å². The lowest BCUT2D eigenvalue weighted by atomic mass is 10.1. The Morgan fingerprint density at radius 1 is 1.10 bits per heavy atom. The molecule has 2 aromatic carbocycles. The maximum Gasteiger partial charge on any atom is 0.271 e. The molecule has 1 amide bonds. The molecule has 1 N–H and O–H groups in total. The number of carbonyl (C=O) groups is 2. The van der Waals surface area contributed by atoms with Crippen LogP contribution in [0.3, 0.4) is 0 Å². The predicted molar refractivity (Wildman–Crippen MR) is 115 cm³/mol. The summed E-state index contributed by atoms with van der Waals surface area (Å²) < 4.78 is 6.81. The molecule has 0 saturated heterocycles. The van der Waals surface area contributed by atoms with E-state index in [2.05, 4.69) is 10.4 Å². The number of nitrogens with one attached hydrogen (secondary N) is 1. The van der Waals surface area contributed by atoms with E-state index in [9.17, 15) is 14.4 Å². The zero-order valence-electron chi connectivity index (χ0n) is 16.7. The number of hydrogen-bond donors (Lipinski definition) is 1. The van der Waals surface area contributed by atoms with E-state index in [1.165, 1.54) is 23.7 Å². The van der Waals surface area contributed by atoms with Crippen LogP contribution in [0.4, 0.5) is 5.69 Å². The molecule has 0 fully saturated rings. The zero-order chi connectivity index (χ0) is 21.8. The first-order valence-corrected chi connectivity index (χ1v) is 9.58. The number of anilines is 1. The Hall–Kier alpha value is -3.45. The number of ether oxygens (including phenoxy) is 1. The fourth-order valence-electron chi connectivity index (χ4n) is 2.71. The maximum atomic E-state index is 12.4. The van der Waals surface area contributed by atoms with Crippen LogP contribution in [0.1, 0.15) is 29.8 Å². The second-order valence-electron chi connectivity index (χ2n) is 6.74. The van der Waals surface area contributed by atoms with Crippen LogP contribution in [0, 0.1) is 6.92 Å². The Labute approximate surface area is 178 Å². The van der Waals surface area contributed by atoms with Gasteiger partial charge in [-0.3, -0.25) is 14.4 Å². The summed E-state index contributed by atoms with van der Waals surface area (Å²) in [4.78, 5) is 36.0. The quantitative estimate of drug-likeness (QED) is 0.606. The molecule has 0 saturated carbocycles. The van der Waals surface area contributed by atoms with Gasteiger partial charge in [0.15, 0.2) is 11.9 Å². The van der Waals surface area contributed by atoms with Gasteiger partial charge in [0, 0.05) is 28.4 Å². The highest BCUT2D eigenvalue weighted by Gasteiger charge is 2.17. The zero-order valence-corrected chi connectivity index (χ0v) is 17.4. The molecule has 7 nitrogen and oxygen atoms in total. The van der Waals surface area contributed by atoms with Gasteiger partial charge in [-0.15, -0.1) is 5.10 Å². The van der Waals surface area contributed by atoms with Gasteiger partial charge in [0.2, 0.25) is 5.88 Å². The first-order valence-electron chi connectivity index (χ1n) is 9.20. The molecule has 1 heterocycles. The van der Waals surface area contributed by atoms with Crippen molar-refractivity contribution in [3.8, 4) is 11.6 Å². The minimum Gasteiger partial charge on any atom is -0.463 e. The summed E-state index contributed by atoms with van der Waals surface area (Å²) in [7, 11) is 0. The summed E-state index contributed by atoms with van der Waals surface area (Å²) in [5.74, 6) is -0.340. The predicted octanol–water partition coefficient (Wildman–Crippen LogP) is 3.80. The number of ketones is 1. The van der Waals surface area contributed by atoms with Gasteiger partial charge < -0.3 is 10.1 Å².